The molecule has 0 aliphatic carbocycles. The number of hydrogen-bond acceptors (Lipinski definition) is 4. The van der Waals surface area contributed by atoms with E-state index in [1.807, 2.05) is 0 Å². The molecule has 5 nitrogen and oxygen atoms in total. The fraction of sp³-hybridized carbons (Fsp3) is 0.133. The second-order valence-electron chi connectivity index (χ2n) is 4.68. The van der Waals surface area contributed by atoms with Gasteiger partial charge in [0.2, 0.25) is 5.91 Å². The second kappa shape index (κ2) is 6.37. The summed E-state index contributed by atoms with van der Waals surface area (Å²) in [5.41, 5.74) is 1.33. The average Bonchev–Trinajstić information content (AvgIpc) is 2.42. The van der Waals surface area contributed by atoms with Gasteiger partial charge < -0.3 is 9.50 Å². The van der Waals surface area contributed by atoms with Crippen LogP contribution in [0.15, 0.2) is 47.4 Å². The number of carbonyl (C=O) groups excluding carboxylic acids is 1. The summed E-state index contributed by atoms with van der Waals surface area (Å²) in [6.07, 6.45) is 0. The van der Waals surface area contributed by atoms with Crippen molar-refractivity contribution in [1.82, 2.24) is 0 Å². The Morgan fingerprint density at radius 2 is 1.77 bits per heavy atom. The van der Waals surface area contributed by atoms with Crippen LogP contribution in [0.2, 0.25) is 5.02 Å². The molecule has 22 heavy (non-hydrogen) atoms. The highest BCUT2D eigenvalue weighted by Crippen LogP contribution is 2.28. The molecule has 0 bridgehead atoms. The van der Waals surface area contributed by atoms with Crippen LogP contribution in [0, 0.1) is 6.92 Å². The van der Waals surface area contributed by atoms with Crippen molar-refractivity contribution in [2.24, 2.45) is 0 Å². The van der Waals surface area contributed by atoms with E-state index in [-0.39, 0.29) is 21.6 Å². The topological polar surface area (TPSA) is 72.5 Å². The van der Waals surface area contributed by atoms with Gasteiger partial charge in [0.15, 0.2) is 5.75 Å². The fourth-order valence-electron chi connectivity index (χ4n) is 1.75. The highest BCUT2D eigenvalue weighted by Gasteiger charge is 2.18. The Hall–Kier alpha value is -2.05. The number of halogens is 1. The third kappa shape index (κ3) is 3.99. The Morgan fingerprint density at radius 1 is 1.14 bits per heavy atom. The first-order valence-electron chi connectivity index (χ1n) is 6.36. The molecule has 0 fully saturated rings. The number of benzene rings is 2. The summed E-state index contributed by atoms with van der Waals surface area (Å²) in [4.78, 5) is 10.9. The lowest BCUT2D eigenvalue weighted by molar-refractivity contribution is -0.114. The second-order valence-corrected chi connectivity index (χ2v) is 6.63. The highest BCUT2D eigenvalue weighted by atomic mass is 35.5. The Kier molecular flexibility index (Phi) is 4.73. The van der Waals surface area contributed by atoms with Gasteiger partial charge in [0.25, 0.3) is 0 Å². The smallest absolute Gasteiger partial charge is 0.339 e. The normalized spacial score (nSPS) is 11.0. The Morgan fingerprint density at radius 3 is 2.36 bits per heavy atom. The Bertz CT molecular complexity index is 801. The van der Waals surface area contributed by atoms with E-state index in [0.717, 1.165) is 5.56 Å². The summed E-state index contributed by atoms with van der Waals surface area (Å²) in [6, 6.07) is 10.5. The third-order valence-electron chi connectivity index (χ3n) is 2.75. The summed E-state index contributed by atoms with van der Waals surface area (Å²) in [6.45, 7) is 3.17. The van der Waals surface area contributed by atoms with Gasteiger partial charge in [-0.1, -0.05) is 17.7 Å². The number of nitrogens with one attached hydrogen (secondary N) is 1. The van der Waals surface area contributed by atoms with Gasteiger partial charge in [-0.2, -0.15) is 8.42 Å². The zero-order chi connectivity index (χ0) is 16.3. The molecular formula is C15H14ClNO4S. The number of carbonyl (C=O) groups is 1. The van der Waals surface area contributed by atoms with E-state index in [1.165, 1.54) is 31.2 Å². The van der Waals surface area contributed by atoms with Gasteiger partial charge in [-0.05, 0) is 48.9 Å². The monoisotopic (exact) mass is 339 g/mol. The molecular weight excluding hydrogens is 326 g/mol. The predicted octanol–water partition coefficient (Wildman–Crippen LogP) is 3.37. The third-order valence-corrected chi connectivity index (χ3v) is 4.31. The number of aryl methyl sites for hydroxylation is 1. The molecule has 2 aromatic carbocycles. The predicted molar refractivity (Wildman–Crippen MR) is 84.7 cm³/mol. The number of rotatable bonds is 4. The van der Waals surface area contributed by atoms with Gasteiger partial charge in [-0.15, -0.1) is 0 Å². The van der Waals surface area contributed by atoms with Crippen molar-refractivity contribution in [2.45, 2.75) is 18.7 Å². The standard InChI is InChI=1S/C15H14ClNO4S/c1-10-3-8-14(16)15(9-10)21-22(19,20)13-6-4-12(5-7-13)17-11(2)18/h3-9H,1-2H3,(H,17,18). The van der Waals surface area contributed by atoms with E-state index >= 15 is 0 Å². The Balaban J connectivity index is 2.26. The van der Waals surface area contributed by atoms with Crippen LogP contribution in [0.3, 0.4) is 0 Å². The van der Waals surface area contributed by atoms with Crippen molar-refractivity contribution in [3.05, 3.63) is 53.1 Å². The van der Waals surface area contributed by atoms with E-state index in [1.54, 1.807) is 25.1 Å². The molecule has 0 atom stereocenters. The molecule has 0 saturated heterocycles. The van der Waals surface area contributed by atoms with Crippen LogP contribution in [-0.2, 0) is 14.9 Å². The first-order valence-corrected chi connectivity index (χ1v) is 8.15. The molecule has 0 spiro atoms. The molecule has 0 unspecified atom stereocenters. The van der Waals surface area contributed by atoms with Gasteiger partial charge in [0.05, 0.1) is 5.02 Å². The summed E-state index contributed by atoms with van der Waals surface area (Å²) in [5.74, 6) is -0.161. The molecule has 0 aliphatic rings. The van der Waals surface area contributed by atoms with E-state index in [2.05, 4.69) is 5.32 Å². The highest BCUT2D eigenvalue weighted by molar-refractivity contribution is 7.87. The van der Waals surface area contributed by atoms with Crippen LogP contribution >= 0.6 is 11.6 Å². The maximum absolute atomic E-state index is 12.2. The minimum absolute atomic E-state index is 0.0285. The van der Waals surface area contributed by atoms with Crippen LogP contribution < -0.4 is 9.50 Å². The molecule has 0 aliphatic heterocycles. The number of anilines is 1. The first-order chi connectivity index (χ1) is 10.3. The lowest BCUT2D eigenvalue weighted by Gasteiger charge is -2.10. The summed E-state index contributed by atoms with van der Waals surface area (Å²) in [7, 11) is -3.99. The van der Waals surface area contributed by atoms with Crippen LogP contribution in [0.4, 0.5) is 5.69 Å². The molecule has 1 amide bonds. The van der Waals surface area contributed by atoms with Crippen molar-refractivity contribution in [1.29, 1.82) is 0 Å². The van der Waals surface area contributed by atoms with Gasteiger partial charge in [-0.25, -0.2) is 0 Å². The molecule has 2 aromatic rings. The van der Waals surface area contributed by atoms with Gasteiger partial charge in [-0.3, -0.25) is 4.79 Å². The lowest BCUT2D eigenvalue weighted by atomic mass is 10.2. The first kappa shape index (κ1) is 16.3. The Labute approximate surface area is 134 Å². The van der Waals surface area contributed by atoms with Gasteiger partial charge >= 0.3 is 10.1 Å². The van der Waals surface area contributed by atoms with Crippen LogP contribution in [0.25, 0.3) is 0 Å². The van der Waals surface area contributed by atoms with Crippen molar-refractivity contribution in [3.8, 4) is 5.75 Å². The zero-order valence-electron chi connectivity index (χ0n) is 12.0. The minimum atomic E-state index is -3.99. The summed E-state index contributed by atoms with van der Waals surface area (Å²) >= 11 is 5.94. The van der Waals surface area contributed by atoms with Gasteiger partial charge in [0, 0.05) is 12.6 Å². The summed E-state index contributed by atoms with van der Waals surface area (Å²) in [5, 5.41) is 2.77. The van der Waals surface area contributed by atoms with E-state index in [9.17, 15) is 13.2 Å². The molecule has 2 rings (SSSR count). The SMILES string of the molecule is CC(=O)Nc1ccc(S(=O)(=O)Oc2cc(C)ccc2Cl)cc1. The van der Waals surface area contributed by atoms with Crippen molar-refractivity contribution < 1.29 is 17.4 Å². The largest absolute Gasteiger partial charge is 0.377 e. The molecule has 0 saturated carbocycles. The zero-order valence-corrected chi connectivity index (χ0v) is 13.5. The van der Waals surface area contributed by atoms with Crippen LogP contribution in [-0.4, -0.2) is 14.3 Å². The molecule has 0 aromatic heterocycles. The van der Waals surface area contributed by atoms with E-state index < -0.39 is 10.1 Å². The molecule has 1 N–H and O–H groups in total. The van der Waals surface area contributed by atoms with Crippen molar-refractivity contribution in [2.75, 3.05) is 5.32 Å². The maximum Gasteiger partial charge on any atom is 0.339 e. The van der Waals surface area contributed by atoms with E-state index in [0.29, 0.717) is 5.69 Å². The molecule has 7 heteroatoms. The quantitative estimate of drug-likeness (QED) is 0.867. The summed E-state index contributed by atoms with van der Waals surface area (Å²) < 4.78 is 29.5. The minimum Gasteiger partial charge on any atom is -0.377 e. The molecule has 0 heterocycles. The molecule has 116 valence electrons. The molecule has 0 radical (unpaired) electrons. The van der Waals surface area contributed by atoms with Crippen LogP contribution in [0.5, 0.6) is 5.75 Å². The van der Waals surface area contributed by atoms with Crippen molar-refractivity contribution >= 4 is 33.3 Å². The van der Waals surface area contributed by atoms with E-state index in [4.69, 9.17) is 15.8 Å². The van der Waals surface area contributed by atoms with Crippen LogP contribution in [0.1, 0.15) is 12.5 Å². The lowest BCUT2D eigenvalue weighted by Crippen LogP contribution is -2.11. The number of amides is 1. The van der Waals surface area contributed by atoms with Crippen molar-refractivity contribution in [3.63, 3.8) is 0 Å². The maximum atomic E-state index is 12.2. The van der Waals surface area contributed by atoms with Gasteiger partial charge in [0.1, 0.15) is 4.90 Å². The average molecular weight is 340 g/mol. The fourth-order valence-corrected chi connectivity index (χ4v) is 2.89. The number of hydrogen-bond donors (Lipinski definition) is 1.